The molecule has 112 valence electrons. The first-order chi connectivity index (χ1) is 10.2. The zero-order valence-electron chi connectivity index (χ0n) is 11.7. The number of hydrogen-bond acceptors (Lipinski definition) is 4. The number of carbonyl (C=O) groups is 1. The van der Waals surface area contributed by atoms with Gasteiger partial charge in [0.15, 0.2) is 0 Å². The Morgan fingerprint density at radius 2 is 2.05 bits per heavy atom. The number of benzene rings is 1. The van der Waals surface area contributed by atoms with Crippen molar-refractivity contribution >= 4 is 23.5 Å². The van der Waals surface area contributed by atoms with Crippen molar-refractivity contribution < 1.29 is 10.0 Å². The molecule has 3 N–H and O–H groups in total. The summed E-state index contributed by atoms with van der Waals surface area (Å²) in [4.78, 5) is 15.8. The maximum Gasteiger partial charge on any atom is 0.236 e. The van der Waals surface area contributed by atoms with Crippen LogP contribution in [-0.4, -0.2) is 40.2 Å². The molecule has 5 nitrogen and oxygen atoms in total. The highest BCUT2D eigenvalue weighted by atomic mass is 32.2. The van der Waals surface area contributed by atoms with E-state index in [-0.39, 0.29) is 22.9 Å². The molecular formula is C15H19N3O2S. The number of likely N-dealkylation sites (tertiary alicyclic amines) is 1. The monoisotopic (exact) mass is 305 g/mol. The third-order valence-corrected chi connectivity index (χ3v) is 5.57. The third-order valence-electron chi connectivity index (χ3n) is 4.26. The fraction of sp³-hybridized carbons (Fsp3) is 0.467. The molecule has 1 saturated heterocycles. The van der Waals surface area contributed by atoms with Crippen LogP contribution in [-0.2, 0) is 11.2 Å². The largest absolute Gasteiger partial charge is 0.409 e. The Hall–Kier alpha value is -1.69. The quantitative estimate of drug-likeness (QED) is 0.377. The molecule has 3 rings (SSSR count). The molecule has 0 aliphatic carbocycles. The Labute approximate surface area is 128 Å². The minimum Gasteiger partial charge on any atom is -0.409 e. The lowest BCUT2D eigenvalue weighted by atomic mass is 9.95. The lowest BCUT2D eigenvalue weighted by Crippen LogP contribution is -2.45. The highest BCUT2D eigenvalue weighted by Crippen LogP contribution is 2.38. The van der Waals surface area contributed by atoms with E-state index in [1.165, 1.54) is 10.5 Å². The molecule has 1 atom stereocenters. The predicted molar refractivity (Wildman–Crippen MR) is 82.5 cm³/mol. The van der Waals surface area contributed by atoms with Crippen LogP contribution in [0.25, 0.3) is 0 Å². The molecule has 0 bridgehead atoms. The topological polar surface area (TPSA) is 78.9 Å². The second-order valence-corrected chi connectivity index (χ2v) is 6.79. The van der Waals surface area contributed by atoms with Crippen molar-refractivity contribution in [1.29, 1.82) is 0 Å². The van der Waals surface area contributed by atoms with E-state index in [0.29, 0.717) is 13.1 Å². The van der Waals surface area contributed by atoms with Crippen molar-refractivity contribution in [3.05, 3.63) is 29.8 Å². The molecular weight excluding hydrogens is 286 g/mol. The molecule has 1 unspecified atom stereocenters. The van der Waals surface area contributed by atoms with E-state index in [1.807, 2.05) is 17.0 Å². The summed E-state index contributed by atoms with van der Waals surface area (Å²) in [5, 5.41) is 11.8. The Morgan fingerprint density at radius 1 is 1.33 bits per heavy atom. The highest BCUT2D eigenvalue weighted by Gasteiger charge is 2.33. The minimum atomic E-state index is 0.00260. The van der Waals surface area contributed by atoms with E-state index in [2.05, 4.69) is 17.3 Å². The van der Waals surface area contributed by atoms with Crippen LogP contribution in [0.4, 0.5) is 0 Å². The summed E-state index contributed by atoms with van der Waals surface area (Å²) < 4.78 is 0. The summed E-state index contributed by atoms with van der Waals surface area (Å²) in [6, 6.07) is 8.22. The standard InChI is InChI=1S/C15H19N3O2S/c16-14(17-20)10-5-7-18(8-6-10)15(19)13-9-11-3-1-2-4-12(11)21-13/h1-4,10,13,20H,5-9H2,(H2,16,17). The molecule has 1 amide bonds. The van der Waals surface area contributed by atoms with Crippen LogP contribution < -0.4 is 5.73 Å². The fourth-order valence-corrected chi connectivity index (χ4v) is 4.28. The molecule has 1 fully saturated rings. The molecule has 0 spiro atoms. The first-order valence-corrected chi connectivity index (χ1v) is 8.07. The number of carbonyl (C=O) groups excluding carboxylic acids is 1. The zero-order valence-corrected chi connectivity index (χ0v) is 12.6. The normalized spacial score (nSPS) is 23.1. The number of amides is 1. The van der Waals surface area contributed by atoms with Gasteiger partial charge in [-0.2, -0.15) is 0 Å². The Morgan fingerprint density at radius 3 is 2.71 bits per heavy atom. The van der Waals surface area contributed by atoms with Crippen molar-refractivity contribution in [2.24, 2.45) is 16.8 Å². The molecule has 0 saturated carbocycles. The van der Waals surface area contributed by atoms with Gasteiger partial charge in [0.1, 0.15) is 5.84 Å². The summed E-state index contributed by atoms with van der Waals surface area (Å²) in [5.74, 6) is 0.589. The summed E-state index contributed by atoms with van der Waals surface area (Å²) >= 11 is 1.67. The van der Waals surface area contributed by atoms with Crippen LogP contribution in [0.3, 0.4) is 0 Å². The van der Waals surface area contributed by atoms with Crippen molar-refractivity contribution in [2.45, 2.75) is 29.4 Å². The van der Waals surface area contributed by atoms with Crippen molar-refractivity contribution in [3.8, 4) is 0 Å². The van der Waals surface area contributed by atoms with E-state index in [0.717, 1.165) is 19.3 Å². The predicted octanol–water partition coefficient (Wildman–Crippen LogP) is 1.69. The van der Waals surface area contributed by atoms with Crippen LogP contribution in [0, 0.1) is 5.92 Å². The molecule has 2 heterocycles. The Balaban J connectivity index is 1.59. The number of thioether (sulfide) groups is 1. The van der Waals surface area contributed by atoms with Crippen LogP contribution in [0.1, 0.15) is 18.4 Å². The zero-order chi connectivity index (χ0) is 14.8. The van der Waals surface area contributed by atoms with Crippen molar-refractivity contribution in [1.82, 2.24) is 4.90 Å². The summed E-state index contributed by atoms with van der Waals surface area (Å²) in [6.07, 6.45) is 2.36. The number of oxime groups is 1. The van der Waals surface area contributed by atoms with Gasteiger partial charge in [-0.25, -0.2) is 0 Å². The van der Waals surface area contributed by atoms with E-state index >= 15 is 0 Å². The van der Waals surface area contributed by atoms with Gasteiger partial charge in [-0.05, 0) is 30.9 Å². The van der Waals surface area contributed by atoms with Gasteiger partial charge in [0.25, 0.3) is 0 Å². The second-order valence-electron chi connectivity index (χ2n) is 5.54. The summed E-state index contributed by atoms with van der Waals surface area (Å²) in [7, 11) is 0. The second kappa shape index (κ2) is 5.97. The average molecular weight is 305 g/mol. The third kappa shape index (κ3) is 2.85. The molecule has 0 radical (unpaired) electrons. The summed E-state index contributed by atoms with van der Waals surface area (Å²) in [6.45, 7) is 1.38. The van der Waals surface area contributed by atoms with Gasteiger partial charge in [0.2, 0.25) is 5.91 Å². The molecule has 1 aromatic rings. The molecule has 2 aliphatic heterocycles. The van der Waals surface area contributed by atoms with Gasteiger partial charge in [-0.15, -0.1) is 11.8 Å². The number of nitrogens with zero attached hydrogens (tertiary/aromatic N) is 2. The number of piperidine rings is 1. The lowest BCUT2D eigenvalue weighted by Gasteiger charge is -2.32. The summed E-state index contributed by atoms with van der Waals surface area (Å²) in [5.41, 5.74) is 6.91. The smallest absolute Gasteiger partial charge is 0.236 e. The van der Waals surface area contributed by atoms with Crippen LogP contribution in [0.5, 0.6) is 0 Å². The van der Waals surface area contributed by atoms with Gasteiger partial charge >= 0.3 is 0 Å². The van der Waals surface area contributed by atoms with Crippen LogP contribution >= 0.6 is 11.8 Å². The number of nitrogens with two attached hydrogens (primary N) is 1. The van der Waals surface area contributed by atoms with Gasteiger partial charge in [0.05, 0.1) is 5.25 Å². The molecule has 21 heavy (non-hydrogen) atoms. The molecule has 6 heteroatoms. The maximum atomic E-state index is 12.6. The van der Waals surface area contributed by atoms with Crippen molar-refractivity contribution in [2.75, 3.05) is 13.1 Å². The van der Waals surface area contributed by atoms with E-state index in [1.54, 1.807) is 11.8 Å². The Bertz CT molecular complexity index is 543. The number of rotatable bonds is 2. The number of amidine groups is 1. The number of hydrogen-bond donors (Lipinski definition) is 2. The maximum absolute atomic E-state index is 12.6. The Kier molecular flexibility index (Phi) is 4.05. The molecule has 1 aromatic carbocycles. The molecule has 2 aliphatic rings. The van der Waals surface area contributed by atoms with Gasteiger partial charge in [-0.1, -0.05) is 23.4 Å². The van der Waals surface area contributed by atoms with E-state index in [9.17, 15) is 4.79 Å². The first-order valence-electron chi connectivity index (χ1n) is 7.20. The lowest BCUT2D eigenvalue weighted by molar-refractivity contribution is -0.131. The fourth-order valence-electron chi connectivity index (χ4n) is 3.00. The van der Waals surface area contributed by atoms with Crippen LogP contribution in [0.15, 0.2) is 34.3 Å². The number of fused-ring (bicyclic) bond motifs is 1. The van der Waals surface area contributed by atoms with Gasteiger partial charge < -0.3 is 15.8 Å². The minimum absolute atomic E-state index is 0.00260. The van der Waals surface area contributed by atoms with Crippen molar-refractivity contribution in [3.63, 3.8) is 0 Å². The van der Waals surface area contributed by atoms with Gasteiger partial charge in [0, 0.05) is 23.9 Å². The van der Waals surface area contributed by atoms with Crippen LogP contribution in [0.2, 0.25) is 0 Å². The van der Waals surface area contributed by atoms with Gasteiger partial charge in [-0.3, -0.25) is 4.79 Å². The highest BCUT2D eigenvalue weighted by molar-refractivity contribution is 8.01. The van der Waals surface area contributed by atoms with E-state index < -0.39 is 0 Å². The average Bonchev–Trinajstić information content (AvgIpc) is 2.97. The molecule has 0 aromatic heterocycles. The SMILES string of the molecule is NC(=NO)C1CCN(C(=O)C2Cc3ccccc3S2)CC1. The first kappa shape index (κ1) is 14.3. The van der Waals surface area contributed by atoms with E-state index in [4.69, 9.17) is 10.9 Å².